The SMILES string of the molecule is Cc1nc(C(=O)N(C)C)ccc1C(=O)N1CCN(CCOc2ccc(Cl)cc2)CC1. The summed E-state index contributed by atoms with van der Waals surface area (Å²) in [5, 5.41) is 0.688. The Morgan fingerprint density at radius 1 is 1.07 bits per heavy atom. The zero-order valence-corrected chi connectivity index (χ0v) is 18.4. The van der Waals surface area contributed by atoms with Crippen molar-refractivity contribution in [3.05, 3.63) is 58.4 Å². The van der Waals surface area contributed by atoms with Gasteiger partial charge in [0.15, 0.2) is 0 Å². The summed E-state index contributed by atoms with van der Waals surface area (Å²) in [6.07, 6.45) is 0. The Labute approximate surface area is 182 Å². The Kier molecular flexibility index (Phi) is 7.29. The smallest absolute Gasteiger partial charge is 0.271 e. The van der Waals surface area contributed by atoms with E-state index in [-0.39, 0.29) is 11.8 Å². The van der Waals surface area contributed by atoms with E-state index in [2.05, 4.69) is 9.88 Å². The number of carbonyl (C=O) groups excluding carboxylic acids is 2. The molecule has 30 heavy (non-hydrogen) atoms. The van der Waals surface area contributed by atoms with Gasteiger partial charge in [-0.2, -0.15) is 0 Å². The van der Waals surface area contributed by atoms with Gasteiger partial charge in [-0.3, -0.25) is 14.5 Å². The Balaban J connectivity index is 1.49. The first-order valence-electron chi connectivity index (χ1n) is 9.94. The molecule has 0 aliphatic carbocycles. The lowest BCUT2D eigenvalue weighted by Gasteiger charge is -2.34. The highest BCUT2D eigenvalue weighted by Gasteiger charge is 2.24. The van der Waals surface area contributed by atoms with Gasteiger partial charge in [-0.25, -0.2) is 4.98 Å². The van der Waals surface area contributed by atoms with Crippen molar-refractivity contribution in [3.63, 3.8) is 0 Å². The van der Waals surface area contributed by atoms with Gasteiger partial charge in [0.05, 0.1) is 11.3 Å². The highest BCUT2D eigenvalue weighted by atomic mass is 35.5. The van der Waals surface area contributed by atoms with E-state index in [0.29, 0.717) is 41.7 Å². The van der Waals surface area contributed by atoms with Gasteiger partial charge in [0.25, 0.3) is 11.8 Å². The number of hydrogen-bond donors (Lipinski definition) is 0. The molecule has 3 rings (SSSR count). The van der Waals surface area contributed by atoms with Crippen molar-refractivity contribution in [2.75, 3.05) is 53.4 Å². The molecular weight excluding hydrogens is 404 g/mol. The lowest BCUT2D eigenvalue weighted by atomic mass is 10.1. The van der Waals surface area contributed by atoms with Crippen molar-refractivity contribution in [2.45, 2.75) is 6.92 Å². The van der Waals surface area contributed by atoms with Crippen molar-refractivity contribution in [2.24, 2.45) is 0 Å². The Hall–Kier alpha value is -2.64. The molecule has 1 saturated heterocycles. The molecular formula is C22H27ClN4O3. The van der Waals surface area contributed by atoms with Crippen LogP contribution in [0.2, 0.25) is 5.02 Å². The Morgan fingerprint density at radius 2 is 1.73 bits per heavy atom. The van der Waals surface area contributed by atoms with Gasteiger partial charge in [0.2, 0.25) is 0 Å². The third kappa shape index (κ3) is 5.49. The summed E-state index contributed by atoms with van der Waals surface area (Å²) in [6.45, 7) is 6.03. The van der Waals surface area contributed by atoms with E-state index in [1.807, 2.05) is 17.0 Å². The van der Waals surface area contributed by atoms with Gasteiger partial charge in [0, 0.05) is 51.8 Å². The van der Waals surface area contributed by atoms with Crippen LogP contribution in [-0.2, 0) is 0 Å². The largest absolute Gasteiger partial charge is 0.492 e. The zero-order valence-electron chi connectivity index (χ0n) is 17.6. The normalized spacial score (nSPS) is 14.5. The van der Waals surface area contributed by atoms with Gasteiger partial charge < -0.3 is 14.5 Å². The summed E-state index contributed by atoms with van der Waals surface area (Å²) in [6, 6.07) is 10.6. The quantitative estimate of drug-likeness (QED) is 0.704. The number of aromatic nitrogens is 1. The Morgan fingerprint density at radius 3 is 2.33 bits per heavy atom. The molecule has 1 fully saturated rings. The van der Waals surface area contributed by atoms with Gasteiger partial charge >= 0.3 is 0 Å². The molecule has 1 aromatic carbocycles. The average Bonchev–Trinajstić information content (AvgIpc) is 2.74. The van der Waals surface area contributed by atoms with Crippen LogP contribution in [0.25, 0.3) is 0 Å². The van der Waals surface area contributed by atoms with Crippen molar-refractivity contribution >= 4 is 23.4 Å². The van der Waals surface area contributed by atoms with Crippen LogP contribution in [0.1, 0.15) is 26.5 Å². The lowest BCUT2D eigenvalue weighted by molar-refractivity contribution is 0.0618. The monoisotopic (exact) mass is 430 g/mol. The van der Waals surface area contributed by atoms with E-state index in [0.717, 1.165) is 25.4 Å². The second-order valence-corrected chi connectivity index (χ2v) is 7.90. The molecule has 0 saturated carbocycles. The highest BCUT2D eigenvalue weighted by molar-refractivity contribution is 6.30. The van der Waals surface area contributed by atoms with Crippen molar-refractivity contribution < 1.29 is 14.3 Å². The number of pyridine rings is 1. The minimum atomic E-state index is -0.175. The molecule has 2 aromatic rings. The highest BCUT2D eigenvalue weighted by Crippen LogP contribution is 2.16. The molecule has 0 bridgehead atoms. The number of amides is 2. The summed E-state index contributed by atoms with van der Waals surface area (Å²) in [5.74, 6) is 0.583. The summed E-state index contributed by atoms with van der Waals surface area (Å²) in [5.41, 5.74) is 1.47. The van der Waals surface area contributed by atoms with Crippen LogP contribution in [0.15, 0.2) is 36.4 Å². The number of piperazine rings is 1. The first-order valence-corrected chi connectivity index (χ1v) is 10.3. The predicted octanol–water partition coefficient (Wildman–Crippen LogP) is 2.58. The van der Waals surface area contributed by atoms with Crippen LogP contribution in [0.4, 0.5) is 0 Å². The van der Waals surface area contributed by atoms with Crippen molar-refractivity contribution in [1.82, 2.24) is 19.7 Å². The number of nitrogens with zero attached hydrogens (tertiary/aromatic N) is 4. The second-order valence-electron chi connectivity index (χ2n) is 7.47. The molecule has 2 heterocycles. The van der Waals surface area contributed by atoms with Crippen molar-refractivity contribution in [1.29, 1.82) is 0 Å². The zero-order chi connectivity index (χ0) is 21.7. The van der Waals surface area contributed by atoms with Crippen LogP contribution in [0, 0.1) is 6.92 Å². The maximum atomic E-state index is 12.9. The van der Waals surface area contributed by atoms with Crippen LogP contribution in [-0.4, -0.2) is 84.9 Å². The molecule has 0 atom stereocenters. The van der Waals surface area contributed by atoms with Gasteiger partial charge in [0.1, 0.15) is 18.1 Å². The van der Waals surface area contributed by atoms with E-state index in [1.54, 1.807) is 45.3 Å². The number of rotatable bonds is 6. The first kappa shape index (κ1) is 22.1. The van der Waals surface area contributed by atoms with Crippen LogP contribution < -0.4 is 4.74 Å². The van der Waals surface area contributed by atoms with Crippen LogP contribution >= 0.6 is 11.6 Å². The standard InChI is InChI=1S/C22H27ClN4O3/c1-16-19(8-9-20(24-16)22(29)25(2)3)21(28)27-12-10-26(11-13-27)14-15-30-18-6-4-17(23)5-7-18/h4-9H,10-15H2,1-3H3. The van der Waals surface area contributed by atoms with E-state index in [9.17, 15) is 9.59 Å². The van der Waals surface area contributed by atoms with Gasteiger partial charge in [-0.1, -0.05) is 11.6 Å². The summed E-state index contributed by atoms with van der Waals surface area (Å²) >= 11 is 5.88. The second kappa shape index (κ2) is 9.91. The van der Waals surface area contributed by atoms with E-state index >= 15 is 0 Å². The summed E-state index contributed by atoms with van der Waals surface area (Å²) in [7, 11) is 3.36. The number of ether oxygens (including phenoxy) is 1. The Bertz CT molecular complexity index is 894. The molecule has 1 aliphatic rings. The number of aryl methyl sites for hydroxylation is 1. The minimum Gasteiger partial charge on any atom is -0.492 e. The third-order valence-electron chi connectivity index (χ3n) is 5.09. The minimum absolute atomic E-state index is 0.0408. The number of carbonyl (C=O) groups is 2. The van der Waals surface area contributed by atoms with E-state index in [4.69, 9.17) is 16.3 Å². The number of halogens is 1. The third-order valence-corrected chi connectivity index (χ3v) is 5.34. The topological polar surface area (TPSA) is 66.0 Å². The molecule has 7 nitrogen and oxygen atoms in total. The molecule has 1 aliphatic heterocycles. The molecule has 0 N–H and O–H groups in total. The predicted molar refractivity (Wildman–Crippen MR) is 116 cm³/mol. The molecule has 2 amide bonds. The van der Waals surface area contributed by atoms with E-state index < -0.39 is 0 Å². The fourth-order valence-corrected chi connectivity index (χ4v) is 3.43. The summed E-state index contributed by atoms with van der Waals surface area (Å²) in [4.78, 5) is 34.9. The molecule has 0 radical (unpaired) electrons. The summed E-state index contributed by atoms with van der Waals surface area (Å²) < 4.78 is 5.75. The van der Waals surface area contributed by atoms with E-state index in [1.165, 1.54) is 4.90 Å². The van der Waals surface area contributed by atoms with Crippen LogP contribution in [0.3, 0.4) is 0 Å². The first-order chi connectivity index (χ1) is 14.3. The molecule has 1 aromatic heterocycles. The van der Waals surface area contributed by atoms with Crippen molar-refractivity contribution in [3.8, 4) is 5.75 Å². The fraction of sp³-hybridized carbons (Fsp3) is 0.409. The lowest BCUT2D eigenvalue weighted by Crippen LogP contribution is -2.49. The molecule has 0 spiro atoms. The average molecular weight is 431 g/mol. The van der Waals surface area contributed by atoms with Gasteiger partial charge in [-0.15, -0.1) is 0 Å². The number of hydrogen-bond acceptors (Lipinski definition) is 5. The van der Waals surface area contributed by atoms with Crippen LogP contribution in [0.5, 0.6) is 5.75 Å². The molecule has 8 heteroatoms. The molecule has 160 valence electrons. The number of benzene rings is 1. The fourth-order valence-electron chi connectivity index (χ4n) is 3.30. The van der Waals surface area contributed by atoms with Gasteiger partial charge in [-0.05, 0) is 43.3 Å². The maximum Gasteiger partial charge on any atom is 0.271 e. The maximum absolute atomic E-state index is 12.9. The molecule has 0 unspecified atom stereocenters.